The smallest absolute Gasteiger partial charge is 0.291 e. The van der Waals surface area contributed by atoms with Gasteiger partial charge in [0.05, 0.1) is 18.1 Å². The summed E-state index contributed by atoms with van der Waals surface area (Å²) in [5, 5.41) is 0. The topological polar surface area (TPSA) is 41.4 Å². The maximum absolute atomic E-state index is 12.6. The van der Waals surface area contributed by atoms with E-state index >= 15 is 0 Å². The van der Waals surface area contributed by atoms with Crippen molar-refractivity contribution in [3.8, 4) is 11.3 Å². The van der Waals surface area contributed by atoms with E-state index in [4.69, 9.17) is 0 Å². The van der Waals surface area contributed by atoms with Crippen molar-refractivity contribution in [3.63, 3.8) is 0 Å². The molecule has 0 saturated carbocycles. The third kappa shape index (κ3) is 3.06. The Bertz CT molecular complexity index is 819. The Balaban J connectivity index is 1.99. The molecule has 0 aliphatic carbocycles. The highest BCUT2D eigenvalue weighted by Crippen LogP contribution is 2.31. The number of fused-ring (bicyclic) bond motifs is 1. The number of amides is 1. The second kappa shape index (κ2) is 6.75. The van der Waals surface area contributed by atoms with Gasteiger partial charge in [0.1, 0.15) is 0 Å². The lowest BCUT2D eigenvalue weighted by atomic mass is 10.0. The van der Waals surface area contributed by atoms with Crippen LogP contribution in [-0.4, -0.2) is 45.9 Å². The fourth-order valence-corrected chi connectivity index (χ4v) is 3.24. The minimum atomic E-state index is 0.0386. The number of hydrogen-bond acceptors (Lipinski definition) is 3. The number of aryl methyl sites for hydroxylation is 1. The summed E-state index contributed by atoms with van der Waals surface area (Å²) in [6, 6.07) is 8.28. The van der Waals surface area contributed by atoms with Crippen molar-refractivity contribution in [2.75, 3.05) is 20.6 Å². The highest BCUT2D eigenvalue weighted by atomic mass is 16.2. The molecule has 0 spiro atoms. The Kier molecular flexibility index (Phi) is 4.66. The largest absolute Gasteiger partial charge is 0.378 e. The SMILES string of the molecule is C=C(c1cccc(-c2c(C)nc3n2CN(CCCC)C3=O)c1)N(C)C. The molecule has 2 heterocycles. The number of nitrogens with zero attached hydrogens (tertiary/aromatic N) is 4. The Morgan fingerprint density at radius 3 is 2.80 bits per heavy atom. The molecule has 1 aliphatic heterocycles. The van der Waals surface area contributed by atoms with Crippen molar-refractivity contribution in [1.82, 2.24) is 19.4 Å². The van der Waals surface area contributed by atoms with Gasteiger partial charge >= 0.3 is 0 Å². The molecule has 1 aromatic heterocycles. The minimum Gasteiger partial charge on any atom is -0.378 e. The number of carbonyl (C=O) groups excluding carboxylic acids is 1. The predicted octanol–water partition coefficient (Wildman–Crippen LogP) is 3.60. The van der Waals surface area contributed by atoms with Crippen LogP contribution in [0.1, 0.15) is 41.6 Å². The summed E-state index contributed by atoms with van der Waals surface area (Å²) in [6.07, 6.45) is 2.09. The average Bonchev–Trinajstić information content (AvgIpc) is 3.07. The number of hydrogen-bond donors (Lipinski definition) is 0. The summed E-state index contributed by atoms with van der Waals surface area (Å²) in [6.45, 7) is 9.62. The molecule has 25 heavy (non-hydrogen) atoms. The second-order valence-electron chi connectivity index (χ2n) is 6.78. The van der Waals surface area contributed by atoms with Gasteiger partial charge in [-0.15, -0.1) is 0 Å². The van der Waals surface area contributed by atoms with Crippen LogP contribution in [0.3, 0.4) is 0 Å². The van der Waals surface area contributed by atoms with E-state index in [0.29, 0.717) is 12.5 Å². The van der Waals surface area contributed by atoms with Crippen LogP contribution in [0.25, 0.3) is 17.0 Å². The van der Waals surface area contributed by atoms with Crippen LogP contribution in [0.4, 0.5) is 0 Å². The summed E-state index contributed by atoms with van der Waals surface area (Å²) in [4.78, 5) is 21.0. The normalized spacial score (nSPS) is 13.3. The molecule has 5 nitrogen and oxygen atoms in total. The van der Waals surface area contributed by atoms with Gasteiger partial charge in [0.2, 0.25) is 5.82 Å². The Hall–Kier alpha value is -2.56. The fourth-order valence-electron chi connectivity index (χ4n) is 3.24. The minimum absolute atomic E-state index is 0.0386. The van der Waals surface area contributed by atoms with Crippen molar-refractivity contribution in [2.24, 2.45) is 0 Å². The van der Waals surface area contributed by atoms with Crippen LogP contribution in [-0.2, 0) is 6.67 Å². The van der Waals surface area contributed by atoms with E-state index in [1.165, 1.54) is 0 Å². The molecule has 5 heteroatoms. The van der Waals surface area contributed by atoms with Gasteiger partial charge in [0, 0.05) is 31.9 Å². The molecule has 0 bridgehead atoms. The van der Waals surface area contributed by atoms with Crippen LogP contribution in [0.2, 0.25) is 0 Å². The Morgan fingerprint density at radius 1 is 1.36 bits per heavy atom. The first-order valence-electron chi connectivity index (χ1n) is 8.77. The van der Waals surface area contributed by atoms with Crippen LogP contribution < -0.4 is 0 Å². The van der Waals surface area contributed by atoms with E-state index in [1.54, 1.807) is 0 Å². The molecule has 1 amide bonds. The van der Waals surface area contributed by atoms with Crippen LogP contribution >= 0.6 is 0 Å². The maximum atomic E-state index is 12.6. The van der Waals surface area contributed by atoms with Crippen molar-refractivity contribution >= 4 is 11.6 Å². The fraction of sp³-hybridized carbons (Fsp3) is 0.400. The summed E-state index contributed by atoms with van der Waals surface area (Å²) in [5.74, 6) is 0.595. The molecule has 0 atom stereocenters. The summed E-state index contributed by atoms with van der Waals surface area (Å²) in [7, 11) is 3.97. The van der Waals surface area contributed by atoms with Crippen molar-refractivity contribution < 1.29 is 4.79 Å². The summed E-state index contributed by atoms with van der Waals surface area (Å²) < 4.78 is 2.05. The molecule has 0 saturated heterocycles. The molecule has 132 valence electrons. The number of aromatic nitrogens is 2. The van der Waals surface area contributed by atoms with E-state index in [1.807, 2.05) is 41.5 Å². The first-order chi connectivity index (χ1) is 11.9. The molecular weight excluding hydrogens is 312 g/mol. The Morgan fingerprint density at radius 2 is 2.12 bits per heavy atom. The Labute approximate surface area is 149 Å². The predicted molar refractivity (Wildman–Crippen MR) is 101 cm³/mol. The molecule has 2 aromatic rings. The monoisotopic (exact) mass is 338 g/mol. The zero-order valence-electron chi connectivity index (χ0n) is 15.5. The van der Waals surface area contributed by atoms with E-state index in [-0.39, 0.29) is 5.91 Å². The standard InChI is InChI=1S/C20H26N4O/c1-6-7-11-23-13-24-18(14(2)21-19(24)20(23)25)17-10-8-9-16(12-17)15(3)22(4)5/h8-10,12H,3,6-7,11,13H2,1-2,4-5H3. The lowest BCUT2D eigenvalue weighted by Gasteiger charge is -2.18. The number of benzene rings is 1. The van der Waals surface area contributed by atoms with Crippen LogP contribution in [0.15, 0.2) is 30.8 Å². The van der Waals surface area contributed by atoms with E-state index < -0.39 is 0 Å². The van der Waals surface area contributed by atoms with Crippen LogP contribution in [0, 0.1) is 6.92 Å². The highest BCUT2D eigenvalue weighted by Gasteiger charge is 2.32. The number of rotatable bonds is 6. The molecular formula is C20H26N4O. The third-order valence-electron chi connectivity index (χ3n) is 4.72. The van der Waals surface area contributed by atoms with Gasteiger partial charge in [-0.05, 0) is 25.0 Å². The van der Waals surface area contributed by atoms with E-state index in [2.05, 4.69) is 36.7 Å². The number of unbranched alkanes of at least 4 members (excludes halogenated alkanes) is 1. The lowest BCUT2D eigenvalue weighted by Crippen LogP contribution is -2.26. The number of carbonyl (C=O) groups is 1. The highest BCUT2D eigenvalue weighted by molar-refractivity contribution is 5.94. The lowest BCUT2D eigenvalue weighted by molar-refractivity contribution is 0.0763. The maximum Gasteiger partial charge on any atom is 0.291 e. The summed E-state index contributed by atoms with van der Waals surface area (Å²) >= 11 is 0. The van der Waals surface area contributed by atoms with Gasteiger partial charge in [0.15, 0.2) is 0 Å². The van der Waals surface area contributed by atoms with Gasteiger partial charge in [-0.1, -0.05) is 38.1 Å². The second-order valence-corrected chi connectivity index (χ2v) is 6.78. The molecule has 0 fully saturated rings. The van der Waals surface area contributed by atoms with Crippen molar-refractivity contribution in [3.05, 3.63) is 47.9 Å². The molecule has 0 N–H and O–H groups in total. The molecule has 0 unspecified atom stereocenters. The van der Waals surface area contributed by atoms with Crippen molar-refractivity contribution in [2.45, 2.75) is 33.4 Å². The van der Waals surface area contributed by atoms with Gasteiger partial charge in [-0.25, -0.2) is 4.98 Å². The third-order valence-corrected chi connectivity index (χ3v) is 4.72. The van der Waals surface area contributed by atoms with Gasteiger partial charge in [-0.2, -0.15) is 0 Å². The average molecular weight is 338 g/mol. The molecule has 0 radical (unpaired) electrons. The first kappa shape index (κ1) is 17.3. The van der Waals surface area contributed by atoms with Gasteiger partial charge < -0.3 is 14.4 Å². The molecule has 1 aliphatic rings. The van der Waals surface area contributed by atoms with E-state index in [0.717, 1.165) is 47.6 Å². The zero-order valence-corrected chi connectivity index (χ0v) is 15.5. The zero-order chi connectivity index (χ0) is 18.1. The molecule has 1 aromatic carbocycles. The van der Waals surface area contributed by atoms with E-state index in [9.17, 15) is 4.79 Å². The molecule has 3 rings (SSSR count). The van der Waals surface area contributed by atoms with Crippen LogP contribution in [0.5, 0.6) is 0 Å². The van der Waals surface area contributed by atoms with Gasteiger partial charge in [0.25, 0.3) is 5.91 Å². The quantitative estimate of drug-likeness (QED) is 0.808. The first-order valence-corrected chi connectivity index (χ1v) is 8.77. The van der Waals surface area contributed by atoms with Crippen molar-refractivity contribution in [1.29, 1.82) is 0 Å². The summed E-state index contributed by atoms with van der Waals surface area (Å²) in [5.41, 5.74) is 5.02. The number of imidazole rings is 1. The van der Waals surface area contributed by atoms with Gasteiger partial charge in [-0.3, -0.25) is 4.79 Å².